The summed E-state index contributed by atoms with van der Waals surface area (Å²) in [5.41, 5.74) is 0. The first-order valence-electron chi connectivity index (χ1n) is 5.18. The quantitative estimate of drug-likeness (QED) is 0.671. The highest BCUT2D eigenvalue weighted by atomic mass is 35.5. The Kier molecular flexibility index (Phi) is 5.01. The number of hydrogen-bond acceptors (Lipinski definition) is 1. The van der Waals surface area contributed by atoms with Gasteiger partial charge in [-0.05, 0) is 19.3 Å². The predicted molar refractivity (Wildman–Crippen MR) is 54.8 cm³/mol. The zero-order valence-corrected chi connectivity index (χ0v) is 8.74. The standard InChI is InChI=1S/C10H20ClN/c1-2-9(8-11)12-10-6-4-3-5-7-10/h9-10,12H,2-8H2,1H3/t9-/m0/s1. The number of rotatable bonds is 4. The van der Waals surface area contributed by atoms with Gasteiger partial charge in [-0.25, -0.2) is 0 Å². The van der Waals surface area contributed by atoms with E-state index in [1.807, 2.05) is 0 Å². The molecule has 0 aromatic rings. The third kappa shape index (κ3) is 3.32. The monoisotopic (exact) mass is 189 g/mol. The lowest BCUT2D eigenvalue weighted by atomic mass is 9.95. The molecule has 1 N–H and O–H groups in total. The van der Waals surface area contributed by atoms with Crippen molar-refractivity contribution in [1.29, 1.82) is 0 Å². The molecule has 72 valence electrons. The highest BCUT2D eigenvalue weighted by Crippen LogP contribution is 2.18. The van der Waals surface area contributed by atoms with Crippen molar-refractivity contribution in [3.05, 3.63) is 0 Å². The van der Waals surface area contributed by atoms with Gasteiger partial charge in [-0.2, -0.15) is 0 Å². The fourth-order valence-electron chi connectivity index (χ4n) is 1.87. The first-order valence-corrected chi connectivity index (χ1v) is 5.72. The smallest absolute Gasteiger partial charge is 0.0377 e. The van der Waals surface area contributed by atoms with E-state index in [1.165, 1.54) is 32.1 Å². The minimum Gasteiger partial charge on any atom is -0.310 e. The minimum atomic E-state index is 0.537. The van der Waals surface area contributed by atoms with Crippen molar-refractivity contribution in [2.45, 2.75) is 57.5 Å². The van der Waals surface area contributed by atoms with E-state index in [9.17, 15) is 0 Å². The fourth-order valence-corrected chi connectivity index (χ4v) is 2.18. The highest BCUT2D eigenvalue weighted by molar-refractivity contribution is 6.18. The van der Waals surface area contributed by atoms with Crippen molar-refractivity contribution in [3.8, 4) is 0 Å². The number of alkyl halides is 1. The molecule has 1 rings (SSSR count). The second-order valence-electron chi connectivity index (χ2n) is 3.76. The SMILES string of the molecule is CC[C@@H](CCl)NC1CCCCC1. The summed E-state index contributed by atoms with van der Waals surface area (Å²) in [6.07, 6.45) is 8.09. The van der Waals surface area contributed by atoms with Crippen LogP contribution in [0.4, 0.5) is 0 Å². The molecule has 0 saturated heterocycles. The molecule has 1 aliphatic carbocycles. The molecule has 1 atom stereocenters. The Morgan fingerprint density at radius 2 is 2.00 bits per heavy atom. The Morgan fingerprint density at radius 1 is 1.33 bits per heavy atom. The van der Waals surface area contributed by atoms with Crippen LogP contribution in [-0.2, 0) is 0 Å². The van der Waals surface area contributed by atoms with E-state index in [2.05, 4.69) is 12.2 Å². The minimum absolute atomic E-state index is 0.537. The molecule has 0 aliphatic heterocycles. The van der Waals surface area contributed by atoms with E-state index >= 15 is 0 Å². The average molecular weight is 190 g/mol. The van der Waals surface area contributed by atoms with Gasteiger partial charge in [-0.1, -0.05) is 26.2 Å². The van der Waals surface area contributed by atoms with Gasteiger partial charge in [-0.3, -0.25) is 0 Å². The molecule has 2 heteroatoms. The number of nitrogens with one attached hydrogen (secondary N) is 1. The Hall–Kier alpha value is 0.250. The van der Waals surface area contributed by atoms with E-state index < -0.39 is 0 Å². The second-order valence-corrected chi connectivity index (χ2v) is 4.07. The summed E-state index contributed by atoms with van der Waals surface area (Å²) < 4.78 is 0. The summed E-state index contributed by atoms with van der Waals surface area (Å²) in [7, 11) is 0. The van der Waals surface area contributed by atoms with Crippen LogP contribution in [0.25, 0.3) is 0 Å². The summed E-state index contributed by atoms with van der Waals surface area (Å²) >= 11 is 5.82. The molecule has 0 bridgehead atoms. The topological polar surface area (TPSA) is 12.0 Å². The third-order valence-corrected chi connectivity index (χ3v) is 3.13. The molecular weight excluding hydrogens is 170 g/mol. The Balaban J connectivity index is 2.18. The maximum Gasteiger partial charge on any atom is 0.0377 e. The highest BCUT2D eigenvalue weighted by Gasteiger charge is 2.15. The molecule has 0 spiro atoms. The fraction of sp³-hybridized carbons (Fsp3) is 1.00. The lowest BCUT2D eigenvalue weighted by molar-refractivity contribution is 0.342. The van der Waals surface area contributed by atoms with Crippen LogP contribution in [0.5, 0.6) is 0 Å². The van der Waals surface area contributed by atoms with Crippen LogP contribution in [0.15, 0.2) is 0 Å². The zero-order chi connectivity index (χ0) is 8.81. The maximum absolute atomic E-state index is 5.82. The van der Waals surface area contributed by atoms with Crippen LogP contribution < -0.4 is 5.32 Å². The maximum atomic E-state index is 5.82. The molecule has 0 aromatic heterocycles. The molecular formula is C10H20ClN. The van der Waals surface area contributed by atoms with E-state index in [1.54, 1.807) is 0 Å². The van der Waals surface area contributed by atoms with E-state index in [0.29, 0.717) is 6.04 Å². The van der Waals surface area contributed by atoms with Gasteiger partial charge in [0.05, 0.1) is 0 Å². The second kappa shape index (κ2) is 5.82. The van der Waals surface area contributed by atoms with Crippen LogP contribution in [-0.4, -0.2) is 18.0 Å². The Bertz CT molecular complexity index is 106. The van der Waals surface area contributed by atoms with Crippen LogP contribution in [0, 0.1) is 0 Å². The normalized spacial score (nSPS) is 22.5. The van der Waals surface area contributed by atoms with Gasteiger partial charge in [0.2, 0.25) is 0 Å². The molecule has 0 amide bonds. The largest absolute Gasteiger partial charge is 0.310 e. The van der Waals surface area contributed by atoms with Crippen LogP contribution in [0.1, 0.15) is 45.4 Å². The molecule has 0 radical (unpaired) electrons. The van der Waals surface area contributed by atoms with Crippen LogP contribution in [0.3, 0.4) is 0 Å². The summed E-state index contributed by atoms with van der Waals surface area (Å²) in [5.74, 6) is 0.757. The van der Waals surface area contributed by atoms with Gasteiger partial charge >= 0.3 is 0 Å². The molecule has 0 aromatic carbocycles. The molecule has 1 nitrogen and oxygen atoms in total. The predicted octanol–water partition coefficient (Wildman–Crippen LogP) is 2.93. The first-order chi connectivity index (χ1) is 5.86. The Labute approximate surface area is 80.9 Å². The molecule has 0 unspecified atom stereocenters. The van der Waals surface area contributed by atoms with Crippen molar-refractivity contribution in [1.82, 2.24) is 5.32 Å². The van der Waals surface area contributed by atoms with Gasteiger partial charge in [-0.15, -0.1) is 11.6 Å². The summed E-state index contributed by atoms with van der Waals surface area (Å²) in [6.45, 7) is 2.20. The van der Waals surface area contributed by atoms with Gasteiger partial charge in [0.15, 0.2) is 0 Å². The van der Waals surface area contributed by atoms with Crippen LogP contribution >= 0.6 is 11.6 Å². The van der Waals surface area contributed by atoms with Gasteiger partial charge in [0.1, 0.15) is 0 Å². The number of halogens is 1. The molecule has 1 aliphatic rings. The van der Waals surface area contributed by atoms with Crippen LogP contribution in [0.2, 0.25) is 0 Å². The molecule has 1 fully saturated rings. The first kappa shape index (κ1) is 10.3. The lowest BCUT2D eigenvalue weighted by Gasteiger charge is -2.26. The molecule has 0 heterocycles. The van der Waals surface area contributed by atoms with E-state index in [4.69, 9.17) is 11.6 Å². The zero-order valence-electron chi connectivity index (χ0n) is 7.98. The van der Waals surface area contributed by atoms with E-state index in [0.717, 1.165) is 18.3 Å². The van der Waals surface area contributed by atoms with Crippen molar-refractivity contribution >= 4 is 11.6 Å². The van der Waals surface area contributed by atoms with Gasteiger partial charge in [0.25, 0.3) is 0 Å². The molecule has 12 heavy (non-hydrogen) atoms. The van der Waals surface area contributed by atoms with Crippen molar-refractivity contribution in [2.24, 2.45) is 0 Å². The van der Waals surface area contributed by atoms with E-state index in [-0.39, 0.29) is 0 Å². The molecule has 1 saturated carbocycles. The van der Waals surface area contributed by atoms with Gasteiger partial charge < -0.3 is 5.32 Å². The van der Waals surface area contributed by atoms with Crippen molar-refractivity contribution < 1.29 is 0 Å². The average Bonchev–Trinajstić information content (AvgIpc) is 2.16. The summed E-state index contributed by atoms with van der Waals surface area (Å²) in [4.78, 5) is 0. The van der Waals surface area contributed by atoms with Crippen molar-refractivity contribution in [3.63, 3.8) is 0 Å². The summed E-state index contributed by atoms with van der Waals surface area (Å²) in [6, 6.07) is 1.29. The third-order valence-electron chi connectivity index (χ3n) is 2.76. The van der Waals surface area contributed by atoms with Gasteiger partial charge in [0, 0.05) is 18.0 Å². The Morgan fingerprint density at radius 3 is 2.50 bits per heavy atom. The summed E-state index contributed by atoms with van der Waals surface area (Å²) in [5, 5.41) is 3.62. The number of hydrogen-bond donors (Lipinski definition) is 1. The van der Waals surface area contributed by atoms with Crippen molar-refractivity contribution in [2.75, 3.05) is 5.88 Å². The lowest BCUT2D eigenvalue weighted by Crippen LogP contribution is -2.40.